The van der Waals surface area contributed by atoms with Crippen LogP contribution < -0.4 is 0 Å². The number of unbranched alkanes of at least 4 members (excludes halogenated alkanes) is 31. The molecular formula is C52H100O6. The molecule has 0 unspecified atom stereocenters. The highest BCUT2D eigenvalue weighted by Gasteiger charge is 2.19. The summed E-state index contributed by atoms with van der Waals surface area (Å²) in [5, 5.41) is 0. The molecule has 0 saturated carbocycles. The fourth-order valence-electron chi connectivity index (χ4n) is 7.81. The Morgan fingerprint density at radius 2 is 0.569 bits per heavy atom. The molecule has 1 atom stereocenters. The number of ether oxygens (including phenoxy) is 3. The SMILES string of the molecule is CCCCCCCCCCCCCCC(=O)OC[C@@H](COC(=O)CCCCCCCCCCCC(C)C)OC(=O)CCCCCCCCCCCCCCCC(C)C. The van der Waals surface area contributed by atoms with Gasteiger partial charge in [0.25, 0.3) is 0 Å². The van der Waals surface area contributed by atoms with Gasteiger partial charge in [-0.1, -0.05) is 247 Å². The summed E-state index contributed by atoms with van der Waals surface area (Å²) in [4.78, 5) is 37.9. The van der Waals surface area contributed by atoms with E-state index in [1.807, 2.05) is 0 Å². The van der Waals surface area contributed by atoms with Crippen LogP contribution in [0, 0.1) is 11.8 Å². The normalized spacial score (nSPS) is 12.1. The summed E-state index contributed by atoms with van der Waals surface area (Å²) < 4.78 is 16.8. The number of hydrogen-bond donors (Lipinski definition) is 0. The molecule has 0 aliphatic heterocycles. The molecule has 344 valence electrons. The van der Waals surface area contributed by atoms with Crippen LogP contribution in [0.15, 0.2) is 0 Å². The van der Waals surface area contributed by atoms with Gasteiger partial charge >= 0.3 is 17.9 Å². The van der Waals surface area contributed by atoms with Crippen molar-refractivity contribution >= 4 is 17.9 Å². The molecule has 0 rings (SSSR count). The minimum atomic E-state index is -0.761. The molecule has 0 aliphatic rings. The zero-order valence-electron chi connectivity index (χ0n) is 39.7. The minimum Gasteiger partial charge on any atom is -0.462 e. The number of carbonyl (C=O) groups is 3. The summed E-state index contributed by atoms with van der Waals surface area (Å²) in [5.41, 5.74) is 0. The summed E-state index contributed by atoms with van der Waals surface area (Å²) in [6.45, 7) is 11.4. The van der Waals surface area contributed by atoms with Gasteiger partial charge in [-0.15, -0.1) is 0 Å². The van der Waals surface area contributed by atoms with E-state index in [1.54, 1.807) is 0 Å². The van der Waals surface area contributed by atoms with Crippen LogP contribution in [-0.4, -0.2) is 37.2 Å². The Balaban J connectivity index is 4.31. The van der Waals surface area contributed by atoms with E-state index in [-0.39, 0.29) is 31.1 Å². The molecule has 0 heterocycles. The zero-order valence-corrected chi connectivity index (χ0v) is 39.7. The van der Waals surface area contributed by atoms with Gasteiger partial charge in [0.2, 0.25) is 0 Å². The van der Waals surface area contributed by atoms with Gasteiger partial charge in [-0.05, 0) is 31.1 Å². The van der Waals surface area contributed by atoms with Crippen LogP contribution in [0.1, 0.15) is 285 Å². The number of esters is 3. The van der Waals surface area contributed by atoms with E-state index in [1.165, 1.54) is 173 Å². The third kappa shape index (κ3) is 45.5. The molecule has 6 heteroatoms. The Kier molecular flexibility index (Phi) is 43.7. The molecular weight excluding hydrogens is 721 g/mol. The molecule has 0 aromatic carbocycles. The van der Waals surface area contributed by atoms with Gasteiger partial charge in [-0.25, -0.2) is 0 Å². The van der Waals surface area contributed by atoms with Crippen molar-refractivity contribution in [2.24, 2.45) is 11.8 Å². The van der Waals surface area contributed by atoms with Crippen LogP contribution in [0.5, 0.6) is 0 Å². The van der Waals surface area contributed by atoms with Crippen LogP contribution in [0.25, 0.3) is 0 Å². The Morgan fingerprint density at radius 1 is 0.328 bits per heavy atom. The van der Waals surface area contributed by atoms with Crippen molar-refractivity contribution in [2.45, 2.75) is 291 Å². The maximum absolute atomic E-state index is 12.8. The van der Waals surface area contributed by atoms with Crippen LogP contribution in [-0.2, 0) is 28.6 Å². The van der Waals surface area contributed by atoms with Crippen LogP contribution in [0.3, 0.4) is 0 Å². The van der Waals surface area contributed by atoms with Crippen molar-refractivity contribution in [1.29, 1.82) is 0 Å². The first-order valence-electron chi connectivity index (χ1n) is 25.7. The van der Waals surface area contributed by atoms with E-state index in [0.717, 1.165) is 69.6 Å². The second-order valence-corrected chi connectivity index (χ2v) is 18.8. The number of hydrogen-bond acceptors (Lipinski definition) is 6. The first-order valence-corrected chi connectivity index (χ1v) is 25.7. The molecule has 58 heavy (non-hydrogen) atoms. The van der Waals surface area contributed by atoms with Gasteiger partial charge in [0.1, 0.15) is 13.2 Å². The lowest BCUT2D eigenvalue weighted by Gasteiger charge is -2.18. The average Bonchev–Trinajstić information content (AvgIpc) is 3.19. The average molecular weight is 821 g/mol. The lowest BCUT2D eigenvalue weighted by atomic mass is 10.0. The standard InChI is InChI=1S/C52H100O6/c1-6-7-8-9-10-11-12-17-22-27-32-37-42-50(53)56-45-49(46-57-51(54)43-38-33-28-24-19-21-26-31-36-41-48(4)5)58-52(55)44-39-34-29-23-18-15-13-14-16-20-25-30-35-40-47(2)3/h47-49H,6-46H2,1-5H3/t49-/m0/s1. The molecule has 0 radical (unpaired) electrons. The Hall–Kier alpha value is -1.59. The Bertz CT molecular complexity index is 885. The second kappa shape index (κ2) is 44.9. The zero-order chi connectivity index (χ0) is 42.6. The quantitative estimate of drug-likeness (QED) is 0.0346. The summed E-state index contributed by atoms with van der Waals surface area (Å²) in [5.74, 6) is 0.798. The molecule has 0 aromatic heterocycles. The third-order valence-corrected chi connectivity index (χ3v) is 11.7. The van der Waals surface area contributed by atoms with Crippen LogP contribution in [0.2, 0.25) is 0 Å². The smallest absolute Gasteiger partial charge is 0.306 e. The topological polar surface area (TPSA) is 78.9 Å². The van der Waals surface area contributed by atoms with E-state index < -0.39 is 6.10 Å². The largest absolute Gasteiger partial charge is 0.462 e. The van der Waals surface area contributed by atoms with Crippen molar-refractivity contribution in [1.82, 2.24) is 0 Å². The van der Waals surface area contributed by atoms with Gasteiger partial charge in [0, 0.05) is 19.3 Å². The van der Waals surface area contributed by atoms with Crippen LogP contribution >= 0.6 is 0 Å². The third-order valence-electron chi connectivity index (χ3n) is 11.7. The lowest BCUT2D eigenvalue weighted by Crippen LogP contribution is -2.30. The van der Waals surface area contributed by atoms with E-state index in [9.17, 15) is 14.4 Å². The maximum atomic E-state index is 12.8. The second-order valence-electron chi connectivity index (χ2n) is 18.8. The van der Waals surface area contributed by atoms with Crippen molar-refractivity contribution < 1.29 is 28.6 Å². The van der Waals surface area contributed by atoms with Crippen molar-refractivity contribution in [3.63, 3.8) is 0 Å². The first kappa shape index (κ1) is 56.4. The van der Waals surface area contributed by atoms with E-state index in [4.69, 9.17) is 14.2 Å². The summed E-state index contributed by atoms with van der Waals surface area (Å²) in [7, 11) is 0. The van der Waals surface area contributed by atoms with Crippen LogP contribution in [0.4, 0.5) is 0 Å². The van der Waals surface area contributed by atoms with Gasteiger partial charge in [-0.3, -0.25) is 14.4 Å². The molecule has 0 aliphatic carbocycles. The minimum absolute atomic E-state index is 0.0638. The maximum Gasteiger partial charge on any atom is 0.306 e. The van der Waals surface area contributed by atoms with E-state index in [0.29, 0.717) is 19.3 Å². The summed E-state index contributed by atoms with van der Waals surface area (Å²) >= 11 is 0. The van der Waals surface area contributed by atoms with Gasteiger partial charge in [-0.2, -0.15) is 0 Å². The molecule has 0 amide bonds. The molecule has 0 fully saturated rings. The molecule has 0 N–H and O–H groups in total. The first-order chi connectivity index (χ1) is 28.2. The highest BCUT2D eigenvalue weighted by atomic mass is 16.6. The van der Waals surface area contributed by atoms with Gasteiger partial charge in [0.05, 0.1) is 0 Å². The number of carbonyl (C=O) groups excluding carboxylic acids is 3. The van der Waals surface area contributed by atoms with E-state index >= 15 is 0 Å². The van der Waals surface area contributed by atoms with Gasteiger partial charge in [0.15, 0.2) is 6.10 Å². The molecule has 0 saturated heterocycles. The van der Waals surface area contributed by atoms with Gasteiger partial charge < -0.3 is 14.2 Å². The Labute approximate surface area is 361 Å². The predicted octanol–water partition coefficient (Wildman–Crippen LogP) is 16.5. The van der Waals surface area contributed by atoms with Crippen molar-refractivity contribution in [3.05, 3.63) is 0 Å². The fourth-order valence-corrected chi connectivity index (χ4v) is 7.81. The predicted molar refractivity (Wildman–Crippen MR) is 247 cm³/mol. The molecule has 6 nitrogen and oxygen atoms in total. The highest BCUT2D eigenvalue weighted by molar-refractivity contribution is 5.71. The molecule has 0 spiro atoms. The highest BCUT2D eigenvalue weighted by Crippen LogP contribution is 2.17. The van der Waals surface area contributed by atoms with E-state index in [2.05, 4.69) is 34.6 Å². The van der Waals surface area contributed by atoms with Crippen molar-refractivity contribution in [2.75, 3.05) is 13.2 Å². The lowest BCUT2D eigenvalue weighted by molar-refractivity contribution is -0.167. The number of rotatable bonds is 46. The fraction of sp³-hybridized carbons (Fsp3) is 0.942. The monoisotopic (exact) mass is 821 g/mol. The summed E-state index contributed by atoms with van der Waals surface area (Å²) in [6.07, 6.45) is 45.1. The van der Waals surface area contributed by atoms with Crippen molar-refractivity contribution in [3.8, 4) is 0 Å². The Morgan fingerprint density at radius 3 is 0.845 bits per heavy atom. The molecule has 0 aromatic rings. The molecule has 0 bridgehead atoms. The summed E-state index contributed by atoms with van der Waals surface area (Å²) in [6, 6.07) is 0.